The van der Waals surface area contributed by atoms with Gasteiger partial charge in [0.1, 0.15) is 5.69 Å². The zero-order valence-electron chi connectivity index (χ0n) is 10.4. The van der Waals surface area contributed by atoms with Gasteiger partial charge in [-0.25, -0.2) is 4.25 Å². The van der Waals surface area contributed by atoms with Crippen LogP contribution in [-0.2, 0) is 0 Å². The van der Waals surface area contributed by atoms with E-state index in [1.165, 1.54) is 26.2 Å². The zero-order valence-corrected chi connectivity index (χ0v) is 13.1. The standard InChI is InChI=1S/C8H11F5N4P3/c1-17(2,8-6-4-3-5-7-8)20(13)15-18(9,10)14-19(11,12)16-20/h3-7H,1-2H3/q+1. The van der Waals surface area contributed by atoms with Gasteiger partial charge in [0.15, 0.2) is 0 Å². The molecule has 1 aliphatic heterocycles. The van der Waals surface area contributed by atoms with Crippen LogP contribution in [-0.4, -0.2) is 14.1 Å². The van der Waals surface area contributed by atoms with Gasteiger partial charge in [0.25, 0.3) is 0 Å². The van der Waals surface area contributed by atoms with E-state index in [9.17, 15) is 21.0 Å². The number of para-hydroxylation sites is 1. The average Bonchev–Trinajstić information content (AvgIpc) is 2.25. The Morgan fingerprint density at radius 3 is 1.80 bits per heavy atom. The van der Waals surface area contributed by atoms with Crippen molar-refractivity contribution in [3.63, 3.8) is 0 Å². The number of hydrogen-bond donors (Lipinski definition) is 0. The maximum absolute atomic E-state index is 14.8. The smallest absolute Gasteiger partial charge is 0.227 e. The molecular weight excluding hydrogens is 340 g/mol. The predicted octanol–water partition coefficient (Wildman–Crippen LogP) is 6.95. The third kappa shape index (κ3) is 2.91. The summed E-state index contributed by atoms with van der Waals surface area (Å²) in [5, 5.41) is 0. The molecule has 0 aliphatic carbocycles. The topological polar surface area (TPSA) is 37.1 Å². The Labute approximate surface area is 113 Å². The lowest BCUT2D eigenvalue weighted by molar-refractivity contribution is 0.582. The van der Waals surface area contributed by atoms with Crippen LogP contribution < -0.4 is 4.25 Å². The van der Waals surface area contributed by atoms with Crippen molar-refractivity contribution in [1.82, 2.24) is 4.25 Å². The van der Waals surface area contributed by atoms with Crippen LogP contribution in [0.25, 0.3) is 0 Å². The summed E-state index contributed by atoms with van der Waals surface area (Å²) < 4.78 is 74.5. The fraction of sp³-hybridized carbons (Fsp3) is 0.250. The largest absolute Gasteiger partial charge is 0.450 e. The summed E-state index contributed by atoms with van der Waals surface area (Å²) >= 11 is 0. The van der Waals surface area contributed by atoms with Gasteiger partial charge in [-0.1, -0.05) is 18.2 Å². The highest BCUT2D eigenvalue weighted by molar-refractivity contribution is 7.79. The van der Waals surface area contributed by atoms with E-state index in [2.05, 4.69) is 9.03 Å². The third-order valence-electron chi connectivity index (χ3n) is 2.68. The van der Waals surface area contributed by atoms with Gasteiger partial charge in [-0.15, -0.1) is 34.5 Å². The molecule has 1 aromatic carbocycles. The van der Waals surface area contributed by atoms with Crippen LogP contribution >= 0.6 is 23.3 Å². The minimum Gasteiger partial charge on any atom is -0.227 e. The van der Waals surface area contributed by atoms with E-state index in [1.807, 2.05) is 4.52 Å². The Morgan fingerprint density at radius 2 is 1.30 bits per heavy atom. The molecule has 4 nitrogen and oxygen atoms in total. The van der Waals surface area contributed by atoms with Gasteiger partial charge in [0.05, 0.1) is 14.1 Å². The van der Waals surface area contributed by atoms with Gasteiger partial charge < -0.3 is 0 Å². The van der Waals surface area contributed by atoms with Gasteiger partial charge in [0.2, 0.25) is 0 Å². The van der Waals surface area contributed by atoms with E-state index in [1.54, 1.807) is 18.2 Å². The summed E-state index contributed by atoms with van der Waals surface area (Å²) in [5.41, 5.74) is 0.234. The van der Waals surface area contributed by atoms with Crippen LogP contribution in [0, 0.1) is 0 Å². The van der Waals surface area contributed by atoms with Crippen molar-refractivity contribution in [1.29, 1.82) is 0 Å². The molecule has 0 N–H and O–H groups in total. The molecule has 2 rings (SSSR count). The lowest BCUT2D eigenvalue weighted by Gasteiger charge is -2.33. The summed E-state index contributed by atoms with van der Waals surface area (Å²) in [6.07, 6.45) is 0. The molecule has 0 saturated heterocycles. The number of nitrogens with zero attached hydrogens (tertiary/aromatic N) is 4. The summed E-state index contributed by atoms with van der Waals surface area (Å²) in [6.45, 7) is 0. The molecule has 0 radical (unpaired) electrons. The Balaban J connectivity index is 2.72. The molecule has 1 aliphatic rings. The monoisotopic (exact) mass is 351 g/mol. The molecule has 0 fully saturated rings. The van der Waals surface area contributed by atoms with Gasteiger partial charge in [-0.3, -0.25) is 0 Å². The molecule has 1 atom stereocenters. The normalized spacial score (nSPS) is 27.9. The van der Waals surface area contributed by atoms with E-state index < -0.39 is 27.6 Å². The van der Waals surface area contributed by atoms with Crippen LogP contribution in [0.3, 0.4) is 0 Å². The third-order valence-corrected chi connectivity index (χ3v) is 9.45. The molecule has 112 valence electrons. The number of rotatable bonds is 2. The summed E-state index contributed by atoms with van der Waals surface area (Å²) in [5.74, 6) is 0. The van der Waals surface area contributed by atoms with Crippen molar-refractivity contribution in [3.05, 3.63) is 30.3 Å². The van der Waals surface area contributed by atoms with Gasteiger partial charge in [-0.05, 0) is 12.1 Å². The second-order valence-electron chi connectivity index (χ2n) is 4.40. The maximum atomic E-state index is 14.8. The van der Waals surface area contributed by atoms with Crippen LogP contribution in [0.5, 0.6) is 0 Å². The number of hydrogen-bond acceptors (Lipinski definition) is 3. The molecule has 1 aromatic rings. The first kappa shape index (κ1) is 15.9. The maximum Gasteiger partial charge on any atom is 0.450 e. The number of halogens is 5. The second kappa shape index (κ2) is 4.77. The minimum atomic E-state index is -5.68. The van der Waals surface area contributed by atoms with Crippen LogP contribution in [0.1, 0.15) is 0 Å². The number of benzene rings is 1. The number of quaternary nitrogens is 1. The fourth-order valence-corrected chi connectivity index (χ4v) is 8.25. The SMILES string of the molecule is C[N+](C)(c1ccccc1)P1(F)=NP(F)(F)=NP(F)(F)=N1. The Morgan fingerprint density at radius 1 is 0.800 bits per heavy atom. The minimum absolute atomic E-state index is 0.234. The summed E-state index contributed by atoms with van der Waals surface area (Å²) in [4.78, 5) is 0. The molecule has 1 unspecified atom stereocenters. The quantitative estimate of drug-likeness (QED) is 0.408. The summed E-state index contributed by atoms with van der Waals surface area (Å²) in [6, 6.07) is 7.64. The molecular formula is C8H11F5N4P3+. The van der Waals surface area contributed by atoms with Crippen molar-refractivity contribution in [3.8, 4) is 0 Å². The highest BCUT2D eigenvalue weighted by Gasteiger charge is 2.50. The molecule has 0 amide bonds. The Kier molecular flexibility index (Phi) is 3.79. The van der Waals surface area contributed by atoms with Crippen LogP contribution in [0.4, 0.5) is 26.7 Å². The first-order chi connectivity index (χ1) is 8.98. The molecule has 0 bridgehead atoms. The van der Waals surface area contributed by atoms with Crippen molar-refractivity contribution < 1.29 is 21.0 Å². The fourth-order valence-electron chi connectivity index (χ4n) is 1.60. The van der Waals surface area contributed by atoms with Crippen molar-refractivity contribution >= 4 is 29.0 Å². The van der Waals surface area contributed by atoms with E-state index in [0.717, 1.165) is 0 Å². The van der Waals surface area contributed by atoms with Crippen LogP contribution in [0.2, 0.25) is 0 Å². The first-order valence-electron chi connectivity index (χ1n) is 5.27. The molecule has 12 heteroatoms. The van der Waals surface area contributed by atoms with Crippen LogP contribution in [0.15, 0.2) is 43.9 Å². The van der Waals surface area contributed by atoms with Gasteiger partial charge in [0, 0.05) is 0 Å². The predicted molar refractivity (Wildman–Crippen MR) is 73.7 cm³/mol. The molecule has 1 heterocycles. The summed E-state index contributed by atoms with van der Waals surface area (Å²) in [7, 11) is -13.8. The van der Waals surface area contributed by atoms with Crippen molar-refractivity contribution in [2.24, 2.45) is 13.5 Å². The van der Waals surface area contributed by atoms with Crippen molar-refractivity contribution in [2.45, 2.75) is 0 Å². The lowest BCUT2D eigenvalue weighted by Crippen LogP contribution is -2.34. The molecule has 0 saturated carbocycles. The zero-order chi connectivity index (χ0) is 15.2. The highest BCUT2D eigenvalue weighted by Crippen LogP contribution is 2.83. The Bertz CT molecular complexity index is 682. The molecule has 20 heavy (non-hydrogen) atoms. The van der Waals surface area contributed by atoms with Gasteiger partial charge in [-0.2, -0.15) is 0 Å². The first-order valence-corrected chi connectivity index (χ1v) is 9.76. The molecule has 0 spiro atoms. The molecule has 0 aromatic heterocycles. The van der Waals surface area contributed by atoms with Crippen molar-refractivity contribution in [2.75, 3.05) is 14.1 Å². The van der Waals surface area contributed by atoms with E-state index in [0.29, 0.717) is 0 Å². The Hall–Kier alpha value is -0.480. The van der Waals surface area contributed by atoms with E-state index in [4.69, 9.17) is 0 Å². The highest BCUT2D eigenvalue weighted by atomic mass is 31.3. The lowest BCUT2D eigenvalue weighted by atomic mass is 10.3. The van der Waals surface area contributed by atoms with Gasteiger partial charge >= 0.3 is 23.3 Å². The second-order valence-corrected chi connectivity index (χ2v) is 10.4. The average molecular weight is 351 g/mol. The van der Waals surface area contributed by atoms with E-state index >= 15 is 0 Å². The van der Waals surface area contributed by atoms with E-state index in [-0.39, 0.29) is 5.69 Å².